The van der Waals surface area contributed by atoms with E-state index in [1.807, 2.05) is 13.0 Å². The Hall–Kier alpha value is -1.99. The monoisotopic (exact) mass is 376 g/mol. The Balaban J connectivity index is 2.21. The first kappa shape index (κ1) is 20.3. The first-order valence-corrected chi connectivity index (χ1v) is 9.84. The lowest BCUT2D eigenvalue weighted by molar-refractivity contribution is -0.129. The van der Waals surface area contributed by atoms with Crippen LogP contribution in [0, 0.1) is 0 Å². The highest BCUT2D eigenvalue weighted by molar-refractivity contribution is 7.18. The van der Waals surface area contributed by atoms with Crippen LogP contribution in [0.2, 0.25) is 0 Å². The fourth-order valence-electron chi connectivity index (χ4n) is 2.52. The number of hydrogen-bond acceptors (Lipinski definition) is 5. The number of nitrogens with two attached hydrogens (primary N) is 1. The van der Waals surface area contributed by atoms with Crippen LogP contribution in [0.5, 0.6) is 0 Å². The van der Waals surface area contributed by atoms with Crippen molar-refractivity contribution in [2.75, 3.05) is 6.54 Å². The lowest BCUT2D eigenvalue weighted by Gasteiger charge is -2.19. The second-order valence-electron chi connectivity index (χ2n) is 6.81. The Bertz CT molecular complexity index is 772. The number of carbonyl (C=O) groups excluding carboxylic acids is 2. The molecule has 0 saturated carbocycles. The molecular weight excluding hydrogens is 348 g/mol. The van der Waals surface area contributed by atoms with Crippen molar-refractivity contribution in [3.63, 3.8) is 0 Å². The van der Waals surface area contributed by atoms with Crippen molar-refractivity contribution in [3.05, 3.63) is 28.8 Å². The standard InChI is InChI=1S/C19H28N4O2S/c1-5-17(24)22-15(19(25)21-12(4)10-20)9-18-23-14-7-6-13(11(2)3)8-16(14)26-18/h6-8,11-12,15H,5,9-10,20H2,1-4H3,(H,21,25)(H,22,24)/t12-,15-/m0/s1. The highest BCUT2D eigenvalue weighted by atomic mass is 32.1. The number of aromatic nitrogens is 1. The molecule has 0 aliphatic heterocycles. The molecule has 142 valence electrons. The van der Waals surface area contributed by atoms with E-state index in [0.29, 0.717) is 25.3 Å². The normalized spacial score (nSPS) is 13.6. The molecule has 1 aromatic heterocycles. The van der Waals surface area contributed by atoms with Gasteiger partial charge < -0.3 is 16.4 Å². The van der Waals surface area contributed by atoms with E-state index in [1.165, 1.54) is 5.56 Å². The van der Waals surface area contributed by atoms with Crippen molar-refractivity contribution in [1.29, 1.82) is 0 Å². The molecule has 26 heavy (non-hydrogen) atoms. The smallest absolute Gasteiger partial charge is 0.243 e. The minimum atomic E-state index is -0.651. The Morgan fingerprint density at radius 2 is 1.96 bits per heavy atom. The van der Waals surface area contributed by atoms with Crippen LogP contribution in [0.3, 0.4) is 0 Å². The van der Waals surface area contributed by atoms with Gasteiger partial charge in [-0.1, -0.05) is 26.8 Å². The van der Waals surface area contributed by atoms with Gasteiger partial charge in [-0.05, 0) is 30.5 Å². The van der Waals surface area contributed by atoms with Gasteiger partial charge in [0.05, 0.1) is 15.2 Å². The van der Waals surface area contributed by atoms with E-state index >= 15 is 0 Å². The number of nitrogens with zero attached hydrogens (tertiary/aromatic N) is 1. The molecule has 0 aliphatic rings. The minimum Gasteiger partial charge on any atom is -0.351 e. The third kappa shape index (κ3) is 5.25. The molecule has 1 aromatic carbocycles. The van der Waals surface area contributed by atoms with Crippen molar-refractivity contribution in [3.8, 4) is 0 Å². The molecule has 2 amide bonds. The maximum absolute atomic E-state index is 12.5. The summed E-state index contributed by atoms with van der Waals surface area (Å²) < 4.78 is 1.10. The summed E-state index contributed by atoms with van der Waals surface area (Å²) in [6, 6.07) is 5.45. The van der Waals surface area contributed by atoms with Crippen LogP contribution in [-0.4, -0.2) is 35.4 Å². The second kappa shape index (κ2) is 9.09. The van der Waals surface area contributed by atoms with E-state index in [9.17, 15) is 9.59 Å². The van der Waals surface area contributed by atoms with Crippen LogP contribution < -0.4 is 16.4 Å². The maximum Gasteiger partial charge on any atom is 0.243 e. The lowest BCUT2D eigenvalue weighted by atomic mass is 10.0. The number of hydrogen-bond donors (Lipinski definition) is 3. The molecule has 0 saturated heterocycles. The van der Waals surface area contributed by atoms with E-state index in [0.717, 1.165) is 15.2 Å². The van der Waals surface area contributed by atoms with Crippen LogP contribution in [0.15, 0.2) is 18.2 Å². The van der Waals surface area contributed by atoms with Crippen LogP contribution in [0.4, 0.5) is 0 Å². The van der Waals surface area contributed by atoms with Gasteiger partial charge in [0.2, 0.25) is 11.8 Å². The zero-order valence-corrected chi connectivity index (χ0v) is 16.7. The van der Waals surface area contributed by atoms with E-state index < -0.39 is 6.04 Å². The van der Waals surface area contributed by atoms with Crippen molar-refractivity contribution in [2.24, 2.45) is 5.73 Å². The first-order valence-electron chi connectivity index (χ1n) is 9.03. The Morgan fingerprint density at radius 1 is 1.23 bits per heavy atom. The van der Waals surface area contributed by atoms with Gasteiger partial charge in [0, 0.05) is 25.4 Å². The number of fused-ring (bicyclic) bond motifs is 1. The van der Waals surface area contributed by atoms with E-state index in [1.54, 1.807) is 18.3 Å². The summed E-state index contributed by atoms with van der Waals surface area (Å²) in [5.74, 6) is 0.0608. The number of carbonyl (C=O) groups is 2. The Kier molecular flexibility index (Phi) is 7.11. The number of nitrogens with one attached hydrogen (secondary N) is 2. The average molecular weight is 377 g/mol. The van der Waals surface area contributed by atoms with Crippen LogP contribution in [-0.2, 0) is 16.0 Å². The second-order valence-corrected chi connectivity index (χ2v) is 7.93. The molecule has 2 aromatic rings. The van der Waals surface area contributed by atoms with E-state index in [-0.39, 0.29) is 17.9 Å². The SMILES string of the molecule is CCC(=O)N[C@@H](Cc1nc2ccc(C(C)C)cc2s1)C(=O)N[C@@H](C)CN. The molecule has 2 atom stereocenters. The average Bonchev–Trinajstić information content (AvgIpc) is 3.01. The van der Waals surface area contributed by atoms with Gasteiger partial charge in [0.1, 0.15) is 6.04 Å². The minimum absolute atomic E-state index is 0.146. The predicted octanol–water partition coefficient (Wildman–Crippen LogP) is 2.32. The lowest BCUT2D eigenvalue weighted by Crippen LogP contribution is -2.51. The quantitative estimate of drug-likeness (QED) is 0.659. The number of amides is 2. The molecular formula is C19H28N4O2S. The van der Waals surface area contributed by atoms with Crippen molar-refractivity contribution < 1.29 is 9.59 Å². The van der Waals surface area contributed by atoms with E-state index in [4.69, 9.17) is 5.73 Å². The van der Waals surface area contributed by atoms with E-state index in [2.05, 4.69) is 41.6 Å². The van der Waals surface area contributed by atoms with Crippen LogP contribution >= 0.6 is 11.3 Å². The van der Waals surface area contributed by atoms with Gasteiger partial charge in [-0.2, -0.15) is 0 Å². The third-order valence-corrected chi connectivity index (χ3v) is 5.26. The Labute approximate surface area is 158 Å². The molecule has 0 unspecified atom stereocenters. The zero-order chi connectivity index (χ0) is 19.3. The molecule has 0 bridgehead atoms. The van der Waals surface area contributed by atoms with Gasteiger partial charge >= 0.3 is 0 Å². The summed E-state index contributed by atoms with van der Waals surface area (Å²) in [6.07, 6.45) is 0.693. The molecule has 1 heterocycles. The molecule has 7 heteroatoms. The summed E-state index contributed by atoms with van der Waals surface area (Å²) >= 11 is 1.57. The largest absolute Gasteiger partial charge is 0.351 e. The fourth-order valence-corrected chi connectivity index (χ4v) is 3.58. The van der Waals surface area contributed by atoms with Gasteiger partial charge in [-0.25, -0.2) is 4.98 Å². The topological polar surface area (TPSA) is 97.1 Å². The maximum atomic E-state index is 12.5. The summed E-state index contributed by atoms with van der Waals surface area (Å²) in [4.78, 5) is 29.0. The fraction of sp³-hybridized carbons (Fsp3) is 0.526. The highest BCUT2D eigenvalue weighted by Crippen LogP contribution is 2.27. The van der Waals surface area contributed by atoms with Crippen molar-refractivity contribution in [2.45, 2.75) is 58.5 Å². The predicted molar refractivity (Wildman–Crippen MR) is 106 cm³/mol. The summed E-state index contributed by atoms with van der Waals surface area (Å²) in [5, 5.41) is 6.46. The van der Waals surface area contributed by atoms with Gasteiger partial charge in [0.25, 0.3) is 0 Å². The molecule has 6 nitrogen and oxygen atoms in total. The number of benzene rings is 1. The molecule has 4 N–H and O–H groups in total. The van der Waals surface area contributed by atoms with Crippen molar-refractivity contribution >= 4 is 33.4 Å². The zero-order valence-electron chi connectivity index (χ0n) is 15.8. The van der Waals surface area contributed by atoms with Crippen LogP contribution in [0.1, 0.15) is 50.6 Å². The summed E-state index contributed by atoms with van der Waals surface area (Å²) in [5.41, 5.74) is 7.76. The third-order valence-electron chi connectivity index (χ3n) is 4.22. The molecule has 0 spiro atoms. The number of thiazole rings is 1. The van der Waals surface area contributed by atoms with Crippen LogP contribution in [0.25, 0.3) is 10.2 Å². The van der Waals surface area contributed by atoms with Gasteiger partial charge in [-0.15, -0.1) is 11.3 Å². The highest BCUT2D eigenvalue weighted by Gasteiger charge is 2.23. The summed E-state index contributed by atoms with van der Waals surface area (Å²) in [7, 11) is 0. The first-order chi connectivity index (χ1) is 12.3. The Morgan fingerprint density at radius 3 is 2.58 bits per heavy atom. The molecule has 0 fully saturated rings. The van der Waals surface area contributed by atoms with Gasteiger partial charge in [0.15, 0.2) is 0 Å². The molecule has 2 rings (SSSR count). The number of rotatable bonds is 8. The molecule has 0 radical (unpaired) electrons. The molecule has 0 aliphatic carbocycles. The summed E-state index contributed by atoms with van der Waals surface area (Å²) in [6.45, 7) is 8.25. The van der Waals surface area contributed by atoms with Crippen molar-refractivity contribution in [1.82, 2.24) is 15.6 Å². The van der Waals surface area contributed by atoms with Gasteiger partial charge in [-0.3, -0.25) is 9.59 Å².